The third-order valence-electron chi connectivity index (χ3n) is 3.33. The van der Waals surface area contributed by atoms with Crippen LogP contribution in [0.3, 0.4) is 0 Å². The van der Waals surface area contributed by atoms with Crippen molar-refractivity contribution in [1.29, 1.82) is 0 Å². The number of aliphatic hydroxyl groups excluding tert-OH is 1. The standard InChI is InChI=1S/C13H14N2O2/c1-13(7-8-13)12-14-11(17-15-12)10(16)9-5-3-2-4-6-9/h2-6,10,16H,7-8H2,1H3. The average Bonchev–Trinajstić information content (AvgIpc) is 2.94. The number of hydrogen-bond donors (Lipinski definition) is 1. The largest absolute Gasteiger partial charge is 0.378 e. The molecule has 88 valence electrons. The number of aromatic nitrogens is 2. The van der Waals surface area contributed by atoms with Crippen LogP contribution in [0.15, 0.2) is 34.9 Å². The van der Waals surface area contributed by atoms with E-state index in [1.807, 2.05) is 30.3 Å². The molecule has 0 aliphatic heterocycles. The average molecular weight is 230 g/mol. The van der Waals surface area contributed by atoms with Gasteiger partial charge in [-0.2, -0.15) is 4.98 Å². The predicted octanol–water partition coefficient (Wildman–Crippen LogP) is 2.20. The van der Waals surface area contributed by atoms with Crippen LogP contribution >= 0.6 is 0 Å². The van der Waals surface area contributed by atoms with E-state index in [-0.39, 0.29) is 11.3 Å². The normalized spacial score (nSPS) is 18.9. The zero-order valence-electron chi connectivity index (χ0n) is 9.63. The summed E-state index contributed by atoms with van der Waals surface area (Å²) in [5.74, 6) is 0.988. The van der Waals surface area contributed by atoms with Gasteiger partial charge in [0.15, 0.2) is 11.9 Å². The molecular weight excluding hydrogens is 216 g/mol. The van der Waals surface area contributed by atoms with Crippen LogP contribution in [-0.2, 0) is 5.41 Å². The van der Waals surface area contributed by atoms with Crippen molar-refractivity contribution in [2.24, 2.45) is 0 Å². The van der Waals surface area contributed by atoms with Crippen molar-refractivity contribution in [3.63, 3.8) is 0 Å². The molecule has 2 aromatic rings. The Morgan fingerprint density at radius 3 is 2.65 bits per heavy atom. The molecule has 0 saturated heterocycles. The molecule has 1 aliphatic rings. The maximum atomic E-state index is 10.1. The lowest BCUT2D eigenvalue weighted by Crippen LogP contribution is -2.04. The lowest BCUT2D eigenvalue weighted by atomic mass is 10.1. The minimum Gasteiger partial charge on any atom is -0.378 e. The highest BCUT2D eigenvalue weighted by atomic mass is 16.5. The number of aliphatic hydroxyl groups is 1. The number of nitrogens with zero attached hydrogens (tertiary/aromatic N) is 2. The lowest BCUT2D eigenvalue weighted by molar-refractivity contribution is 0.170. The Morgan fingerprint density at radius 1 is 1.29 bits per heavy atom. The van der Waals surface area contributed by atoms with Crippen molar-refractivity contribution < 1.29 is 9.63 Å². The summed E-state index contributed by atoms with van der Waals surface area (Å²) in [6.45, 7) is 2.11. The molecule has 1 N–H and O–H groups in total. The zero-order chi connectivity index (χ0) is 11.9. The molecule has 0 amide bonds. The van der Waals surface area contributed by atoms with Gasteiger partial charge in [-0.3, -0.25) is 0 Å². The van der Waals surface area contributed by atoms with Crippen LogP contribution in [-0.4, -0.2) is 15.2 Å². The van der Waals surface area contributed by atoms with Gasteiger partial charge in [0, 0.05) is 5.41 Å². The second kappa shape index (κ2) is 3.67. The molecule has 1 unspecified atom stereocenters. The molecule has 0 radical (unpaired) electrons. The van der Waals surface area contributed by atoms with Crippen molar-refractivity contribution in [1.82, 2.24) is 10.1 Å². The van der Waals surface area contributed by atoms with Gasteiger partial charge in [0.2, 0.25) is 0 Å². The Morgan fingerprint density at radius 2 is 2.00 bits per heavy atom. The first-order chi connectivity index (χ1) is 8.19. The van der Waals surface area contributed by atoms with E-state index in [2.05, 4.69) is 17.1 Å². The Bertz CT molecular complexity index is 517. The maximum Gasteiger partial charge on any atom is 0.260 e. The summed E-state index contributed by atoms with van der Waals surface area (Å²) in [7, 11) is 0. The summed E-state index contributed by atoms with van der Waals surface area (Å²) in [5.41, 5.74) is 0.835. The summed E-state index contributed by atoms with van der Waals surface area (Å²) in [5, 5.41) is 14.0. The van der Waals surface area contributed by atoms with Crippen molar-refractivity contribution in [3.8, 4) is 0 Å². The fourth-order valence-corrected chi connectivity index (χ4v) is 1.78. The van der Waals surface area contributed by atoms with E-state index in [0.29, 0.717) is 5.82 Å². The fraction of sp³-hybridized carbons (Fsp3) is 0.385. The van der Waals surface area contributed by atoms with Crippen LogP contribution in [0.2, 0.25) is 0 Å². The van der Waals surface area contributed by atoms with Crippen molar-refractivity contribution in [2.75, 3.05) is 0 Å². The molecule has 0 bridgehead atoms. The van der Waals surface area contributed by atoms with E-state index in [1.54, 1.807) is 0 Å². The van der Waals surface area contributed by atoms with Gasteiger partial charge in [-0.05, 0) is 18.4 Å². The van der Waals surface area contributed by atoms with Crippen LogP contribution in [0.1, 0.15) is 43.1 Å². The highest BCUT2D eigenvalue weighted by Crippen LogP contribution is 2.46. The van der Waals surface area contributed by atoms with Crippen molar-refractivity contribution in [2.45, 2.75) is 31.3 Å². The van der Waals surface area contributed by atoms with Crippen LogP contribution in [0.25, 0.3) is 0 Å². The highest BCUT2D eigenvalue weighted by Gasteiger charge is 2.43. The molecule has 1 aromatic carbocycles. The van der Waals surface area contributed by atoms with E-state index in [1.165, 1.54) is 0 Å². The van der Waals surface area contributed by atoms with Gasteiger partial charge < -0.3 is 9.63 Å². The first-order valence-corrected chi connectivity index (χ1v) is 5.76. The summed E-state index contributed by atoms with van der Waals surface area (Å²) in [6, 6.07) is 9.33. The second-order valence-electron chi connectivity index (χ2n) is 4.83. The molecule has 17 heavy (non-hydrogen) atoms. The summed E-state index contributed by atoms with van der Waals surface area (Å²) < 4.78 is 5.14. The van der Waals surface area contributed by atoms with Gasteiger partial charge in [-0.25, -0.2) is 0 Å². The van der Waals surface area contributed by atoms with Gasteiger partial charge in [0.1, 0.15) is 0 Å². The maximum absolute atomic E-state index is 10.1. The highest BCUT2D eigenvalue weighted by molar-refractivity contribution is 5.22. The molecule has 1 aliphatic carbocycles. The first kappa shape index (κ1) is 10.5. The third kappa shape index (κ3) is 1.85. The Balaban J connectivity index is 1.87. The number of hydrogen-bond acceptors (Lipinski definition) is 4. The molecule has 3 rings (SSSR count). The quantitative estimate of drug-likeness (QED) is 0.878. The Hall–Kier alpha value is -1.68. The van der Waals surface area contributed by atoms with E-state index >= 15 is 0 Å². The van der Waals surface area contributed by atoms with Crippen LogP contribution in [0.4, 0.5) is 0 Å². The minimum absolute atomic E-state index is 0.0676. The first-order valence-electron chi connectivity index (χ1n) is 5.76. The fourth-order valence-electron chi connectivity index (χ4n) is 1.78. The lowest BCUT2D eigenvalue weighted by Gasteiger charge is -2.04. The van der Waals surface area contributed by atoms with Gasteiger partial charge in [0.05, 0.1) is 0 Å². The third-order valence-corrected chi connectivity index (χ3v) is 3.33. The van der Waals surface area contributed by atoms with Gasteiger partial charge >= 0.3 is 0 Å². The van der Waals surface area contributed by atoms with Gasteiger partial charge in [0.25, 0.3) is 5.89 Å². The minimum atomic E-state index is -0.834. The number of benzene rings is 1. The summed E-state index contributed by atoms with van der Waals surface area (Å²) >= 11 is 0. The summed E-state index contributed by atoms with van der Waals surface area (Å²) in [4.78, 5) is 4.29. The molecule has 4 nitrogen and oxygen atoms in total. The van der Waals surface area contributed by atoms with E-state index in [9.17, 15) is 5.11 Å². The molecule has 1 heterocycles. The molecule has 1 fully saturated rings. The second-order valence-corrected chi connectivity index (χ2v) is 4.83. The summed E-state index contributed by atoms with van der Waals surface area (Å²) in [6.07, 6.45) is 1.35. The Labute approximate surface area is 99.3 Å². The topological polar surface area (TPSA) is 59.2 Å². The van der Waals surface area contributed by atoms with Crippen molar-refractivity contribution in [3.05, 3.63) is 47.6 Å². The van der Waals surface area contributed by atoms with Gasteiger partial charge in [-0.15, -0.1) is 0 Å². The van der Waals surface area contributed by atoms with E-state index in [0.717, 1.165) is 18.4 Å². The molecule has 1 saturated carbocycles. The van der Waals surface area contributed by atoms with Gasteiger partial charge in [-0.1, -0.05) is 42.4 Å². The monoisotopic (exact) mass is 230 g/mol. The smallest absolute Gasteiger partial charge is 0.260 e. The zero-order valence-corrected chi connectivity index (χ0v) is 9.63. The molecular formula is C13H14N2O2. The molecule has 0 spiro atoms. The van der Waals surface area contributed by atoms with E-state index in [4.69, 9.17) is 4.52 Å². The van der Waals surface area contributed by atoms with E-state index < -0.39 is 6.10 Å². The SMILES string of the molecule is CC1(c2noc(C(O)c3ccccc3)n2)CC1. The molecule has 1 aromatic heterocycles. The Kier molecular flexibility index (Phi) is 2.26. The van der Waals surface area contributed by atoms with Crippen LogP contribution < -0.4 is 0 Å². The van der Waals surface area contributed by atoms with Crippen LogP contribution in [0.5, 0.6) is 0 Å². The van der Waals surface area contributed by atoms with Crippen molar-refractivity contribution >= 4 is 0 Å². The predicted molar refractivity (Wildman–Crippen MR) is 61.4 cm³/mol. The molecule has 1 atom stereocenters. The number of rotatable bonds is 3. The molecule has 4 heteroatoms. The van der Waals surface area contributed by atoms with Crippen LogP contribution in [0, 0.1) is 0 Å².